The third-order valence-electron chi connectivity index (χ3n) is 3.55. The van der Waals surface area contributed by atoms with Crippen LogP contribution in [0.25, 0.3) is 0 Å². The van der Waals surface area contributed by atoms with E-state index in [-0.39, 0.29) is 0 Å². The Morgan fingerprint density at radius 1 is 1.50 bits per heavy atom. The van der Waals surface area contributed by atoms with Gasteiger partial charge in [-0.1, -0.05) is 0 Å². The number of aromatic nitrogens is 1. The molecule has 1 saturated heterocycles. The lowest BCUT2D eigenvalue weighted by Crippen LogP contribution is -2.30. The number of anilines is 2. The zero-order valence-corrected chi connectivity index (χ0v) is 12.7. The first-order valence-electron chi connectivity index (χ1n) is 6.42. The molecule has 1 fully saturated rings. The predicted molar refractivity (Wildman–Crippen MR) is 81.6 cm³/mol. The van der Waals surface area contributed by atoms with Crippen LogP contribution in [0.3, 0.4) is 0 Å². The molecule has 4 nitrogen and oxygen atoms in total. The molecule has 1 aromatic heterocycles. The Morgan fingerprint density at radius 3 is 2.89 bits per heavy atom. The van der Waals surface area contributed by atoms with E-state index in [4.69, 9.17) is 5.73 Å². The number of hydrogen-bond acceptors (Lipinski definition) is 6. The highest BCUT2D eigenvalue weighted by atomic mass is 32.2. The van der Waals surface area contributed by atoms with Crippen LogP contribution >= 0.6 is 23.3 Å². The molecule has 0 spiro atoms. The van der Waals surface area contributed by atoms with Crippen LogP contribution in [0.15, 0.2) is 4.90 Å². The minimum absolute atomic E-state index is 0.661. The molecule has 102 valence electrons. The Bertz CT molecular complexity index is 372. The van der Waals surface area contributed by atoms with E-state index in [0.717, 1.165) is 22.4 Å². The lowest BCUT2D eigenvalue weighted by molar-refractivity contribution is 0.215. The van der Waals surface area contributed by atoms with E-state index in [2.05, 4.69) is 21.6 Å². The minimum atomic E-state index is 0.661. The first-order valence-corrected chi connectivity index (χ1v) is 8.42. The van der Waals surface area contributed by atoms with Gasteiger partial charge in [0.25, 0.3) is 0 Å². The molecule has 1 aromatic rings. The quantitative estimate of drug-likeness (QED) is 0.815. The molecular weight excluding hydrogens is 264 g/mol. The topological polar surface area (TPSA) is 54.2 Å². The van der Waals surface area contributed by atoms with Gasteiger partial charge in [0.2, 0.25) is 0 Å². The molecule has 0 aliphatic carbocycles. The second kappa shape index (κ2) is 6.63. The summed E-state index contributed by atoms with van der Waals surface area (Å²) >= 11 is 3.14. The average molecular weight is 286 g/mol. The monoisotopic (exact) mass is 286 g/mol. The summed E-state index contributed by atoms with van der Waals surface area (Å²) in [5.41, 5.74) is 5.81. The zero-order chi connectivity index (χ0) is 13.0. The summed E-state index contributed by atoms with van der Waals surface area (Å²) in [4.78, 5) is 3.52. The number of thioether (sulfide) groups is 1. The van der Waals surface area contributed by atoms with E-state index >= 15 is 0 Å². The van der Waals surface area contributed by atoms with Crippen molar-refractivity contribution < 1.29 is 0 Å². The van der Waals surface area contributed by atoms with Gasteiger partial charge in [0.05, 0.1) is 4.90 Å². The molecule has 0 atom stereocenters. The second-order valence-electron chi connectivity index (χ2n) is 4.89. The van der Waals surface area contributed by atoms with Crippen molar-refractivity contribution in [3.8, 4) is 0 Å². The van der Waals surface area contributed by atoms with Crippen molar-refractivity contribution in [2.24, 2.45) is 5.92 Å². The van der Waals surface area contributed by atoms with E-state index in [1.807, 2.05) is 6.26 Å². The van der Waals surface area contributed by atoms with Crippen molar-refractivity contribution in [3.63, 3.8) is 0 Å². The Balaban J connectivity index is 1.75. The molecular formula is C12H22N4S2. The third kappa shape index (κ3) is 3.52. The number of nitrogens with two attached hydrogens (primary N) is 1. The zero-order valence-electron chi connectivity index (χ0n) is 11.1. The average Bonchev–Trinajstić information content (AvgIpc) is 2.72. The van der Waals surface area contributed by atoms with Crippen LogP contribution in [0.5, 0.6) is 0 Å². The first-order chi connectivity index (χ1) is 8.70. The molecule has 6 heteroatoms. The fourth-order valence-electron chi connectivity index (χ4n) is 2.34. The largest absolute Gasteiger partial charge is 0.382 e. The Morgan fingerprint density at radius 2 is 2.22 bits per heavy atom. The number of likely N-dealkylation sites (tertiary alicyclic amines) is 1. The lowest BCUT2D eigenvalue weighted by Gasteiger charge is -2.28. The molecule has 0 saturated carbocycles. The summed E-state index contributed by atoms with van der Waals surface area (Å²) in [6, 6.07) is 0. The third-order valence-corrected chi connectivity index (χ3v) is 5.32. The normalized spacial score (nSPS) is 18.1. The van der Waals surface area contributed by atoms with Crippen molar-refractivity contribution in [1.82, 2.24) is 9.27 Å². The van der Waals surface area contributed by atoms with Crippen LogP contribution in [-0.4, -0.2) is 42.2 Å². The number of nitrogen functional groups attached to an aromatic ring is 1. The molecule has 0 aromatic carbocycles. The standard InChI is InChI=1S/C12H22N4S2/c1-16-7-4-9(5-8-16)3-6-14-12-10(17-2)11(13)15-18-12/h9,14H,3-8H2,1-2H3,(H2,13,15). The summed E-state index contributed by atoms with van der Waals surface area (Å²) in [5, 5.41) is 4.62. The molecule has 1 aliphatic rings. The molecule has 18 heavy (non-hydrogen) atoms. The Kier molecular flexibility index (Phi) is 5.14. The summed E-state index contributed by atoms with van der Waals surface area (Å²) < 4.78 is 4.19. The van der Waals surface area contributed by atoms with Gasteiger partial charge >= 0.3 is 0 Å². The van der Waals surface area contributed by atoms with Crippen LogP contribution in [-0.2, 0) is 0 Å². The number of hydrogen-bond donors (Lipinski definition) is 2. The molecule has 1 aliphatic heterocycles. The molecule has 2 rings (SSSR count). The van der Waals surface area contributed by atoms with Gasteiger partial charge in [0.1, 0.15) is 5.00 Å². The van der Waals surface area contributed by atoms with E-state index < -0.39 is 0 Å². The molecule has 0 bridgehead atoms. The van der Waals surface area contributed by atoms with Gasteiger partial charge in [-0.25, -0.2) is 0 Å². The molecule has 3 N–H and O–H groups in total. The van der Waals surface area contributed by atoms with Gasteiger partial charge in [-0.05, 0) is 63.1 Å². The molecule has 0 unspecified atom stereocenters. The van der Waals surface area contributed by atoms with Crippen LogP contribution in [0.4, 0.5) is 10.8 Å². The molecule has 0 amide bonds. The van der Waals surface area contributed by atoms with Gasteiger partial charge < -0.3 is 16.0 Å². The van der Waals surface area contributed by atoms with Gasteiger partial charge in [0, 0.05) is 6.54 Å². The van der Waals surface area contributed by atoms with Crippen molar-refractivity contribution >= 4 is 34.1 Å². The fourth-order valence-corrected chi connectivity index (χ4v) is 3.91. The number of piperidine rings is 1. The number of nitrogens with zero attached hydrogens (tertiary/aromatic N) is 2. The van der Waals surface area contributed by atoms with Gasteiger partial charge in [-0.15, -0.1) is 11.8 Å². The summed E-state index contributed by atoms with van der Waals surface area (Å²) in [5.74, 6) is 1.53. The van der Waals surface area contributed by atoms with Gasteiger partial charge in [-0.2, -0.15) is 4.37 Å². The van der Waals surface area contributed by atoms with Crippen molar-refractivity contribution in [1.29, 1.82) is 0 Å². The van der Waals surface area contributed by atoms with Crippen LogP contribution in [0.2, 0.25) is 0 Å². The van der Waals surface area contributed by atoms with Crippen LogP contribution in [0, 0.1) is 5.92 Å². The van der Waals surface area contributed by atoms with Gasteiger partial charge in [-0.3, -0.25) is 0 Å². The van der Waals surface area contributed by atoms with E-state index in [1.54, 1.807) is 11.8 Å². The maximum Gasteiger partial charge on any atom is 0.153 e. The van der Waals surface area contributed by atoms with Crippen LogP contribution in [0.1, 0.15) is 19.3 Å². The highest BCUT2D eigenvalue weighted by Crippen LogP contribution is 2.34. The smallest absolute Gasteiger partial charge is 0.153 e. The number of nitrogens with one attached hydrogen (secondary N) is 1. The van der Waals surface area contributed by atoms with Crippen molar-refractivity contribution in [3.05, 3.63) is 0 Å². The maximum absolute atomic E-state index is 5.81. The minimum Gasteiger partial charge on any atom is -0.382 e. The van der Waals surface area contributed by atoms with E-state index in [9.17, 15) is 0 Å². The highest BCUT2D eigenvalue weighted by molar-refractivity contribution is 7.99. The lowest BCUT2D eigenvalue weighted by atomic mass is 9.94. The Labute approximate surface area is 117 Å². The summed E-state index contributed by atoms with van der Waals surface area (Å²) in [6.07, 6.45) is 5.96. The Hall–Kier alpha value is -0.460. The van der Waals surface area contributed by atoms with Gasteiger partial charge in [0.15, 0.2) is 5.82 Å². The predicted octanol–water partition coefficient (Wildman–Crippen LogP) is 2.59. The van der Waals surface area contributed by atoms with E-state index in [0.29, 0.717) is 5.82 Å². The molecule has 2 heterocycles. The highest BCUT2D eigenvalue weighted by Gasteiger charge is 2.16. The van der Waals surface area contributed by atoms with Crippen LogP contribution < -0.4 is 11.1 Å². The summed E-state index contributed by atoms with van der Waals surface area (Å²) in [6.45, 7) is 3.52. The second-order valence-corrected chi connectivity index (χ2v) is 6.48. The molecule has 0 radical (unpaired) electrons. The van der Waals surface area contributed by atoms with Crippen molar-refractivity contribution in [2.75, 3.05) is 44.0 Å². The van der Waals surface area contributed by atoms with Crippen molar-refractivity contribution in [2.45, 2.75) is 24.2 Å². The fraction of sp³-hybridized carbons (Fsp3) is 0.750. The first kappa shape index (κ1) is 14.0. The number of rotatable bonds is 5. The SMILES string of the molecule is CSc1c(N)nsc1NCCC1CCN(C)CC1. The van der Waals surface area contributed by atoms with E-state index in [1.165, 1.54) is 43.9 Å². The maximum atomic E-state index is 5.81. The summed E-state index contributed by atoms with van der Waals surface area (Å²) in [7, 11) is 2.21.